The van der Waals surface area contributed by atoms with Crippen molar-refractivity contribution in [3.63, 3.8) is 0 Å². The van der Waals surface area contributed by atoms with Crippen molar-refractivity contribution in [1.29, 1.82) is 0 Å². The van der Waals surface area contributed by atoms with E-state index >= 15 is 0 Å². The normalized spacial score (nSPS) is 17.8. The van der Waals surface area contributed by atoms with E-state index in [0.29, 0.717) is 18.9 Å². The van der Waals surface area contributed by atoms with Crippen LogP contribution in [0.3, 0.4) is 0 Å². The molecule has 0 bridgehead atoms. The van der Waals surface area contributed by atoms with Gasteiger partial charge in [0.1, 0.15) is 0 Å². The third-order valence-corrected chi connectivity index (χ3v) is 7.19. The number of allylic oxidation sites excluding steroid dienone is 1. The van der Waals surface area contributed by atoms with Crippen LogP contribution in [-0.2, 0) is 4.79 Å². The lowest BCUT2D eigenvalue weighted by molar-refractivity contribution is -0.575. The summed E-state index contributed by atoms with van der Waals surface area (Å²) in [7, 11) is 0. The second-order valence-electron chi connectivity index (χ2n) is 10.1. The number of nitroso groups, excluding NO2 is 1. The number of aliphatic imine (C=N–C) groups is 1. The molecule has 5 rings (SSSR count). The summed E-state index contributed by atoms with van der Waals surface area (Å²) in [6.45, 7) is 4.38. The van der Waals surface area contributed by atoms with Crippen LogP contribution in [0.4, 0.5) is 5.95 Å². The van der Waals surface area contributed by atoms with Crippen LogP contribution in [0.1, 0.15) is 38.7 Å². The summed E-state index contributed by atoms with van der Waals surface area (Å²) in [5.74, 6) is 0.0665. The van der Waals surface area contributed by atoms with Gasteiger partial charge in [-0.1, -0.05) is 68.4 Å². The minimum absolute atomic E-state index is 0.0667. The summed E-state index contributed by atoms with van der Waals surface area (Å²) < 4.78 is 0.813. The maximum atomic E-state index is 13.7. The number of nitrogens with one attached hydrogen (secondary N) is 1. The van der Waals surface area contributed by atoms with E-state index in [4.69, 9.17) is 4.99 Å². The molecule has 0 radical (unpaired) electrons. The lowest BCUT2D eigenvalue weighted by Gasteiger charge is -2.27. The molecule has 0 aliphatic carbocycles. The van der Waals surface area contributed by atoms with Gasteiger partial charge in [0.2, 0.25) is 5.95 Å². The summed E-state index contributed by atoms with van der Waals surface area (Å²) in [6.07, 6.45) is 7.60. The Labute approximate surface area is 223 Å². The molecule has 2 aliphatic heterocycles. The summed E-state index contributed by atoms with van der Waals surface area (Å²) in [6, 6.07) is 19.7. The fraction of sp³-hybridized carbons (Fsp3) is 0.333. The molecular formula is C30H33N6O2+. The largest absolute Gasteiger partial charge is 0.329 e. The minimum atomic E-state index is -0.799. The van der Waals surface area contributed by atoms with Gasteiger partial charge in [-0.25, -0.2) is 9.97 Å². The molecule has 2 aromatic carbocycles. The number of carbonyl (C=O) groups is 1. The molecule has 0 spiro atoms. The zero-order valence-corrected chi connectivity index (χ0v) is 21.8. The number of anilines is 1. The Balaban J connectivity index is 1.23. The molecule has 1 N–H and O–H groups in total. The number of carbonyl (C=O) groups excluding carboxylic acids is 1. The number of hydrogen-bond donors (Lipinski definition) is 1. The standard InChI is InChI=1S/C30H33N6O2/c1-21(2)28(36(38)20-34-30-31-15-7-16-32-30)29(37)35-17-6-10-27(35)26-18-25(19-33-26)24-13-11-23(12-14-24)22-8-4-3-5-9-22/h3-5,7-9,11-16,19,21,27-28H,6,10,17-18,20H2,1-2H3,(H,31,32,34)/q+1/t27-,28-/m0/s1. The fourth-order valence-corrected chi connectivity index (χ4v) is 5.26. The topological polar surface area (TPSA) is 90.6 Å². The predicted molar refractivity (Wildman–Crippen MR) is 149 cm³/mol. The highest BCUT2D eigenvalue weighted by atomic mass is 16.3. The molecule has 0 unspecified atom stereocenters. The first-order valence-electron chi connectivity index (χ1n) is 13.2. The van der Waals surface area contributed by atoms with E-state index in [0.717, 1.165) is 34.4 Å². The Kier molecular flexibility index (Phi) is 7.67. The van der Waals surface area contributed by atoms with Gasteiger partial charge in [-0.2, -0.15) is 0 Å². The molecule has 194 valence electrons. The van der Waals surface area contributed by atoms with Gasteiger partial charge in [-0.05, 0) is 41.2 Å². The second kappa shape index (κ2) is 11.5. The Morgan fingerprint density at radius 1 is 1.00 bits per heavy atom. The molecule has 3 aromatic rings. The number of hydrogen-bond acceptors (Lipinski definition) is 6. The van der Waals surface area contributed by atoms with Gasteiger partial charge < -0.3 is 4.90 Å². The molecule has 8 nitrogen and oxygen atoms in total. The third-order valence-electron chi connectivity index (χ3n) is 7.19. The average Bonchev–Trinajstić information content (AvgIpc) is 3.63. The van der Waals surface area contributed by atoms with Crippen LogP contribution in [-0.4, -0.2) is 56.5 Å². The first kappa shape index (κ1) is 25.4. The monoisotopic (exact) mass is 509 g/mol. The van der Waals surface area contributed by atoms with Crippen molar-refractivity contribution in [2.24, 2.45) is 10.9 Å². The van der Waals surface area contributed by atoms with Gasteiger partial charge in [0.15, 0.2) is 0 Å². The molecule has 38 heavy (non-hydrogen) atoms. The summed E-state index contributed by atoms with van der Waals surface area (Å²) in [4.78, 5) is 41.5. The molecule has 1 fully saturated rings. The van der Waals surface area contributed by atoms with Crippen molar-refractivity contribution in [1.82, 2.24) is 14.9 Å². The van der Waals surface area contributed by atoms with Gasteiger partial charge in [0.25, 0.3) is 18.6 Å². The number of nitrogens with zero attached hydrogens (tertiary/aromatic N) is 5. The van der Waals surface area contributed by atoms with Crippen LogP contribution in [0, 0.1) is 10.8 Å². The second-order valence-corrected chi connectivity index (χ2v) is 10.1. The van der Waals surface area contributed by atoms with E-state index in [1.165, 1.54) is 11.1 Å². The Bertz CT molecular complexity index is 1340. The van der Waals surface area contributed by atoms with Gasteiger partial charge >= 0.3 is 0 Å². The third kappa shape index (κ3) is 5.54. The predicted octanol–water partition coefficient (Wildman–Crippen LogP) is 5.19. The quantitative estimate of drug-likeness (QED) is 0.317. The van der Waals surface area contributed by atoms with Crippen molar-refractivity contribution in [2.45, 2.75) is 45.2 Å². The smallest absolute Gasteiger partial charge is 0.296 e. The molecule has 2 atom stereocenters. The molecule has 1 saturated heterocycles. The molecule has 3 heterocycles. The fourth-order valence-electron chi connectivity index (χ4n) is 5.26. The van der Waals surface area contributed by atoms with E-state index in [1.807, 2.05) is 43.1 Å². The van der Waals surface area contributed by atoms with Crippen molar-refractivity contribution < 1.29 is 9.55 Å². The number of aromatic nitrogens is 2. The zero-order chi connectivity index (χ0) is 26.5. The lowest BCUT2D eigenvalue weighted by Crippen LogP contribution is -2.51. The van der Waals surface area contributed by atoms with Gasteiger partial charge in [0, 0.05) is 52.9 Å². The van der Waals surface area contributed by atoms with Crippen LogP contribution in [0.5, 0.6) is 0 Å². The maximum Gasteiger partial charge on any atom is 0.296 e. The molecule has 1 amide bonds. The van der Waals surface area contributed by atoms with Crippen LogP contribution >= 0.6 is 0 Å². The number of amides is 1. The molecule has 0 saturated carbocycles. The van der Waals surface area contributed by atoms with Gasteiger partial charge in [-0.15, -0.1) is 0 Å². The highest BCUT2D eigenvalue weighted by Crippen LogP contribution is 2.31. The SMILES string of the molecule is CC(C)[C@@H](C(=O)N1CCC[C@H]1C1=NC=C(c2ccc(-c3ccccc3)cc2)C1)[N+](=O)CNc1ncccn1. The summed E-state index contributed by atoms with van der Waals surface area (Å²) >= 11 is 0. The average molecular weight is 510 g/mol. The molecule has 1 aromatic heterocycles. The van der Waals surface area contributed by atoms with Crippen LogP contribution < -0.4 is 5.32 Å². The number of rotatable bonds is 9. The van der Waals surface area contributed by atoms with E-state index in [-0.39, 0.29) is 24.5 Å². The number of likely N-dealkylation sites (tertiary alicyclic amines) is 1. The van der Waals surface area contributed by atoms with Gasteiger partial charge in [0.05, 0.1) is 6.04 Å². The molecule has 2 aliphatic rings. The lowest BCUT2D eigenvalue weighted by atomic mass is 9.96. The Hall–Kier alpha value is -4.20. The van der Waals surface area contributed by atoms with Crippen LogP contribution in [0.15, 0.2) is 84.2 Å². The van der Waals surface area contributed by atoms with Crippen molar-refractivity contribution in [2.75, 3.05) is 18.5 Å². The molecule has 8 heteroatoms. The van der Waals surface area contributed by atoms with Crippen molar-refractivity contribution in [3.05, 3.63) is 89.7 Å². The van der Waals surface area contributed by atoms with Gasteiger partial charge in [-0.3, -0.25) is 15.1 Å². The maximum absolute atomic E-state index is 13.7. The first-order valence-corrected chi connectivity index (χ1v) is 13.2. The summed E-state index contributed by atoms with van der Waals surface area (Å²) in [5.41, 5.74) is 5.65. The molecular weight excluding hydrogens is 476 g/mol. The van der Waals surface area contributed by atoms with Crippen LogP contribution in [0.25, 0.3) is 16.7 Å². The van der Waals surface area contributed by atoms with Crippen molar-refractivity contribution in [3.8, 4) is 11.1 Å². The minimum Gasteiger partial charge on any atom is -0.329 e. The van der Waals surface area contributed by atoms with E-state index in [9.17, 15) is 9.70 Å². The zero-order valence-electron chi connectivity index (χ0n) is 21.8. The Morgan fingerprint density at radius 2 is 1.68 bits per heavy atom. The highest BCUT2D eigenvalue weighted by molar-refractivity contribution is 6.03. The number of benzene rings is 2. The Morgan fingerprint density at radius 3 is 2.39 bits per heavy atom. The highest BCUT2D eigenvalue weighted by Gasteiger charge is 2.44. The van der Waals surface area contributed by atoms with E-state index < -0.39 is 6.04 Å². The van der Waals surface area contributed by atoms with Crippen LogP contribution in [0.2, 0.25) is 0 Å². The van der Waals surface area contributed by atoms with E-state index in [1.54, 1.807) is 18.5 Å². The summed E-state index contributed by atoms with van der Waals surface area (Å²) in [5, 5.41) is 2.92. The first-order chi connectivity index (χ1) is 18.5. The van der Waals surface area contributed by atoms with E-state index in [2.05, 4.69) is 51.7 Å². The van der Waals surface area contributed by atoms with Crippen molar-refractivity contribution >= 4 is 23.1 Å².